The molecule has 2 rings (SSSR count). The van der Waals surface area contributed by atoms with E-state index >= 15 is 0 Å². The summed E-state index contributed by atoms with van der Waals surface area (Å²) >= 11 is 1.48. The van der Waals surface area contributed by atoms with Crippen LogP contribution >= 0.6 is 11.8 Å². The van der Waals surface area contributed by atoms with Gasteiger partial charge >= 0.3 is 0 Å². The van der Waals surface area contributed by atoms with Crippen LogP contribution in [-0.2, 0) is 0 Å². The molecule has 1 aromatic carbocycles. The van der Waals surface area contributed by atoms with Crippen LogP contribution in [0, 0.1) is 5.95 Å². The Labute approximate surface area is 122 Å². The van der Waals surface area contributed by atoms with Crippen LogP contribution in [0.2, 0.25) is 0 Å². The first-order valence-electron chi connectivity index (χ1n) is 6.53. The van der Waals surface area contributed by atoms with E-state index < -0.39 is 5.95 Å². The van der Waals surface area contributed by atoms with Crippen LogP contribution in [0.1, 0.15) is 35.9 Å². The highest BCUT2D eigenvalue weighted by Crippen LogP contribution is 2.22. The van der Waals surface area contributed by atoms with Crippen LogP contribution in [0.5, 0.6) is 0 Å². The molecular weight excluding hydrogens is 275 g/mol. The van der Waals surface area contributed by atoms with Crippen LogP contribution in [-0.4, -0.2) is 26.8 Å². The quantitative estimate of drug-likeness (QED) is 0.763. The summed E-state index contributed by atoms with van der Waals surface area (Å²) in [5.74, 6) is 0.209. The zero-order valence-electron chi connectivity index (χ0n) is 11.5. The van der Waals surface area contributed by atoms with E-state index in [1.807, 2.05) is 44.2 Å². The molecule has 0 N–H and O–H groups in total. The topological polar surface area (TPSA) is 34.9 Å². The van der Waals surface area contributed by atoms with Gasteiger partial charge in [-0.05, 0) is 18.2 Å². The van der Waals surface area contributed by atoms with Gasteiger partial charge in [-0.1, -0.05) is 37.3 Å². The minimum Gasteiger partial charge on any atom is -0.318 e. The van der Waals surface area contributed by atoms with Gasteiger partial charge in [0.05, 0.1) is 18.1 Å². The van der Waals surface area contributed by atoms with E-state index in [0.29, 0.717) is 0 Å². The van der Waals surface area contributed by atoms with Crippen molar-refractivity contribution in [3.63, 3.8) is 0 Å². The number of imidazole rings is 1. The number of nitrogens with zero attached hydrogens (tertiary/aromatic N) is 2. The van der Waals surface area contributed by atoms with Crippen molar-refractivity contribution >= 4 is 17.5 Å². The number of Topliss-reactive ketones (excluding diaryl/α,β-unsaturated/α-hetero) is 1. The molecule has 0 amide bonds. The molecule has 0 saturated carbocycles. The van der Waals surface area contributed by atoms with Gasteiger partial charge in [0.25, 0.3) is 0 Å². The van der Waals surface area contributed by atoms with Crippen LogP contribution in [0.15, 0.2) is 36.7 Å². The monoisotopic (exact) mass is 292 g/mol. The number of hydrogen-bond acceptors (Lipinski definition) is 3. The first-order valence-corrected chi connectivity index (χ1v) is 7.68. The fraction of sp³-hybridized carbons (Fsp3) is 0.333. The van der Waals surface area contributed by atoms with Crippen LogP contribution in [0.3, 0.4) is 0 Å². The summed E-state index contributed by atoms with van der Waals surface area (Å²) in [6, 6.07) is 9.56. The standard InChI is InChI=1S/C15H17FN2OS/c1-3-20-9-13(19)14-15(16)17-10-18(14)11(2)12-7-5-4-6-8-12/h4-8,10-11H,3,9H2,1-2H3/t11-/m1/s1. The van der Waals surface area contributed by atoms with Crippen molar-refractivity contribution < 1.29 is 9.18 Å². The Balaban J connectivity index is 2.31. The lowest BCUT2D eigenvalue weighted by molar-refractivity contribution is 0.100. The summed E-state index contributed by atoms with van der Waals surface area (Å²) in [4.78, 5) is 15.8. The van der Waals surface area contributed by atoms with E-state index in [1.54, 1.807) is 4.57 Å². The summed E-state index contributed by atoms with van der Waals surface area (Å²) in [7, 11) is 0. The lowest BCUT2D eigenvalue weighted by Crippen LogP contribution is -2.16. The summed E-state index contributed by atoms with van der Waals surface area (Å²) in [5.41, 5.74) is 1.09. The maximum Gasteiger partial charge on any atom is 0.241 e. The molecule has 0 unspecified atom stereocenters. The van der Waals surface area contributed by atoms with Crippen LogP contribution in [0.25, 0.3) is 0 Å². The summed E-state index contributed by atoms with van der Waals surface area (Å²) in [6.45, 7) is 3.90. The minimum absolute atomic E-state index is 0.0716. The lowest BCUT2D eigenvalue weighted by Gasteiger charge is -2.16. The average molecular weight is 292 g/mol. The van der Waals surface area contributed by atoms with Crippen molar-refractivity contribution in [3.05, 3.63) is 53.9 Å². The van der Waals surface area contributed by atoms with E-state index in [1.165, 1.54) is 18.1 Å². The van der Waals surface area contributed by atoms with Gasteiger partial charge in [0.1, 0.15) is 5.69 Å². The van der Waals surface area contributed by atoms with Crippen molar-refractivity contribution in [1.29, 1.82) is 0 Å². The highest BCUT2D eigenvalue weighted by atomic mass is 32.2. The third-order valence-electron chi connectivity index (χ3n) is 3.15. The smallest absolute Gasteiger partial charge is 0.241 e. The third kappa shape index (κ3) is 3.10. The number of carbonyl (C=O) groups is 1. The Morgan fingerprint density at radius 3 is 2.75 bits per heavy atom. The molecule has 0 aliphatic carbocycles. The fourth-order valence-corrected chi connectivity index (χ4v) is 2.57. The van der Waals surface area contributed by atoms with E-state index in [-0.39, 0.29) is 23.3 Å². The number of aromatic nitrogens is 2. The molecule has 1 aromatic heterocycles. The zero-order chi connectivity index (χ0) is 14.5. The molecule has 1 heterocycles. The van der Waals surface area contributed by atoms with Gasteiger partial charge in [-0.3, -0.25) is 4.79 Å². The van der Waals surface area contributed by atoms with Crippen molar-refractivity contribution in [2.75, 3.05) is 11.5 Å². The lowest BCUT2D eigenvalue weighted by atomic mass is 10.1. The van der Waals surface area contributed by atoms with E-state index in [9.17, 15) is 9.18 Å². The average Bonchev–Trinajstić information content (AvgIpc) is 2.86. The van der Waals surface area contributed by atoms with Crippen LogP contribution < -0.4 is 0 Å². The molecule has 0 saturated heterocycles. The van der Waals surface area contributed by atoms with Gasteiger partial charge in [-0.2, -0.15) is 16.2 Å². The molecule has 106 valence electrons. The molecule has 0 aliphatic heterocycles. The second-order valence-electron chi connectivity index (χ2n) is 4.44. The van der Waals surface area contributed by atoms with Gasteiger partial charge in [0.2, 0.25) is 5.95 Å². The van der Waals surface area contributed by atoms with Gasteiger partial charge in [-0.15, -0.1) is 0 Å². The molecule has 5 heteroatoms. The largest absolute Gasteiger partial charge is 0.318 e. The normalized spacial score (nSPS) is 12.3. The molecule has 0 bridgehead atoms. The van der Waals surface area contributed by atoms with Crippen molar-refractivity contribution in [3.8, 4) is 0 Å². The Morgan fingerprint density at radius 1 is 1.40 bits per heavy atom. The predicted octanol–water partition coefficient (Wildman–Crippen LogP) is 3.57. The molecule has 1 atom stereocenters. The van der Waals surface area contributed by atoms with Crippen LogP contribution in [0.4, 0.5) is 4.39 Å². The highest BCUT2D eigenvalue weighted by molar-refractivity contribution is 7.99. The molecular formula is C15H17FN2OS. The first-order chi connectivity index (χ1) is 9.65. The van der Waals surface area contributed by atoms with E-state index in [0.717, 1.165) is 11.3 Å². The first kappa shape index (κ1) is 14.8. The van der Waals surface area contributed by atoms with Gasteiger partial charge in [0.15, 0.2) is 5.78 Å². The third-order valence-corrected chi connectivity index (χ3v) is 4.02. The van der Waals surface area contributed by atoms with E-state index in [4.69, 9.17) is 0 Å². The molecule has 20 heavy (non-hydrogen) atoms. The Hall–Kier alpha value is -1.62. The number of halogens is 1. The number of carbonyl (C=O) groups excluding carboxylic acids is 1. The second-order valence-corrected chi connectivity index (χ2v) is 5.71. The van der Waals surface area contributed by atoms with Gasteiger partial charge in [-0.25, -0.2) is 4.98 Å². The van der Waals surface area contributed by atoms with Gasteiger partial charge < -0.3 is 4.57 Å². The molecule has 0 fully saturated rings. The highest BCUT2D eigenvalue weighted by Gasteiger charge is 2.22. The molecule has 0 radical (unpaired) electrons. The van der Waals surface area contributed by atoms with Crippen molar-refractivity contribution in [1.82, 2.24) is 9.55 Å². The number of rotatable bonds is 6. The fourth-order valence-electron chi connectivity index (χ4n) is 2.05. The number of ketones is 1. The SMILES string of the molecule is CCSCC(=O)c1c(F)ncn1[C@H](C)c1ccccc1. The summed E-state index contributed by atoms with van der Waals surface area (Å²) < 4.78 is 15.4. The molecule has 2 aromatic rings. The molecule has 0 spiro atoms. The van der Waals surface area contributed by atoms with E-state index in [2.05, 4.69) is 4.98 Å². The summed E-state index contributed by atoms with van der Waals surface area (Å²) in [5, 5.41) is 0. The second kappa shape index (κ2) is 6.70. The Morgan fingerprint density at radius 2 is 2.10 bits per heavy atom. The molecule has 3 nitrogen and oxygen atoms in total. The van der Waals surface area contributed by atoms with Crippen molar-refractivity contribution in [2.24, 2.45) is 0 Å². The Bertz CT molecular complexity index is 583. The summed E-state index contributed by atoms with van der Waals surface area (Å²) in [6.07, 6.45) is 1.40. The molecule has 0 aliphatic rings. The Kier molecular flexibility index (Phi) is 4.95. The maximum absolute atomic E-state index is 13.8. The predicted molar refractivity (Wildman–Crippen MR) is 79.8 cm³/mol. The maximum atomic E-state index is 13.8. The number of hydrogen-bond donors (Lipinski definition) is 0. The number of thioether (sulfide) groups is 1. The zero-order valence-corrected chi connectivity index (χ0v) is 12.4. The van der Waals surface area contributed by atoms with Crippen molar-refractivity contribution in [2.45, 2.75) is 19.9 Å². The minimum atomic E-state index is -0.686. The number of benzene rings is 1. The van der Waals surface area contributed by atoms with Gasteiger partial charge in [0, 0.05) is 0 Å².